The topological polar surface area (TPSA) is 0 Å². The van der Waals surface area contributed by atoms with E-state index in [1.165, 1.54) is 0 Å². The first-order valence-electron chi connectivity index (χ1n) is 0.228. The zero-order valence-corrected chi connectivity index (χ0v) is 5.51. The average Bonchev–Trinajstić information content (AvgIpc) is 0.918. The van der Waals surface area contributed by atoms with Gasteiger partial charge in [-0.25, -0.2) is 0 Å². The van der Waals surface area contributed by atoms with Crippen LogP contribution in [0.2, 0.25) is 0 Å². The summed E-state index contributed by atoms with van der Waals surface area (Å²) in [7, 11) is 9.34. The Morgan fingerprint density at radius 3 is 1.00 bits per heavy atom. The van der Waals surface area contributed by atoms with Crippen LogP contribution in [-0.2, 0) is 13.1 Å². The molecule has 0 N–H and O–H groups in total. The second-order valence-corrected chi connectivity index (χ2v) is 1.60. The first kappa shape index (κ1) is 15.7. The molecule has 0 aromatic heterocycles. The molecule has 0 bridgehead atoms. The van der Waals surface area contributed by atoms with Gasteiger partial charge in [0.15, 0.2) is 0 Å². The Hall–Kier alpha value is 2.29. The number of halogens is 2. The molecule has 0 spiro atoms. The molecule has 0 atom stereocenters. The van der Waals surface area contributed by atoms with Crippen molar-refractivity contribution in [2.45, 2.75) is 0 Å². The van der Waals surface area contributed by atoms with Crippen LogP contribution in [0.25, 0.3) is 0 Å². The van der Waals surface area contributed by atoms with Gasteiger partial charge in [0.2, 0.25) is 0 Å². The number of hydrogen-bond acceptors (Lipinski definition) is 0. The van der Waals surface area contributed by atoms with Crippen LogP contribution in [0.3, 0.4) is 0 Å². The maximum Gasteiger partial charge on any atom is 0 e. The van der Waals surface area contributed by atoms with Crippen LogP contribution < -0.4 is 0 Å². The Morgan fingerprint density at radius 1 is 1.00 bits per heavy atom. The van der Waals surface area contributed by atoms with Crippen LogP contribution >= 0.6 is 20.2 Å². The van der Waals surface area contributed by atoms with Gasteiger partial charge in [-0.15, -0.1) is 0 Å². The second-order valence-electron chi connectivity index (χ2n) is 0.0431. The fourth-order valence-electron chi connectivity index (χ4n) is 0. The molecule has 27 valence electrons. The van der Waals surface area contributed by atoms with Crippen LogP contribution in [0.1, 0.15) is 0 Å². The summed E-state index contributed by atoms with van der Waals surface area (Å²) < 4.78 is 0. The van der Waals surface area contributed by atoms with E-state index in [9.17, 15) is 0 Å². The Morgan fingerprint density at radius 2 is 1.00 bits per heavy atom. The molecule has 0 unspecified atom stereocenters. The predicted octanol–water partition coefficient (Wildman–Crippen LogP) is 0.615. The minimum Gasteiger partial charge on any atom is 0 e. The third-order valence-electron chi connectivity index (χ3n) is 0. The normalized spacial score (nSPS) is 4.40. The molecule has 0 amide bonds. The minimum absolute atomic E-state index is 0. The van der Waals surface area contributed by atoms with Crippen LogP contribution in [0.4, 0.5) is 0 Å². The van der Waals surface area contributed by atoms with E-state index in [2.05, 4.69) is 20.2 Å². The van der Waals surface area contributed by atoms with Gasteiger partial charge >= 0.3 is 33.3 Å². The van der Waals surface area contributed by atoms with E-state index in [0.29, 0.717) is 0 Å². The molecular formula is Cl2CuLi2. The second kappa shape index (κ2) is 16.3. The van der Waals surface area contributed by atoms with Gasteiger partial charge in [0.1, 0.15) is 0 Å². The van der Waals surface area contributed by atoms with E-state index in [4.69, 9.17) is 0 Å². The summed E-state index contributed by atoms with van der Waals surface area (Å²) in [6, 6.07) is 0. The first-order valence-corrected chi connectivity index (χ1v) is 2.82. The smallest absolute Gasteiger partial charge is 0 e. The van der Waals surface area contributed by atoms with Crippen molar-refractivity contribution in [3.63, 3.8) is 0 Å². The molecule has 0 aromatic carbocycles. The van der Waals surface area contributed by atoms with Crippen molar-refractivity contribution in [2.75, 3.05) is 0 Å². The van der Waals surface area contributed by atoms with Crippen molar-refractivity contribution >= 4 is 57.9 Å². The maximum absolute atomic E-state index is 4.67. The Labute approximate surface area is 70.3 Å². The molecule has 0 nitrogen and oxygen atoms in total. The van der Waals surface area contributed by atoms with E-state index < -0.39 is 0 Å². The van der Waals surface area contributed by atoms with Gasteiger partial charge in [-0.05, 0) is 0 Å². The summed E-state index contributed by atoms with van der Waals surface area (Å²) in [5.41, 5.74) is 0. The molecule has 0 aromatic rings. The molecule has 2 radical (unpaired) electrons. The van der Waals surface area contributed by atoms with Crippen LogP contribution in [0.5, 0.6) is 0 Å². The van der Waals surface area contributed by atoms with Gasteiger partial charge in [0, 0.05) is 37.7 Å². The van der Waals surface area contributed by atoms with E-state index in [0.717, 1.165) is 13.1 Å². The maximum atomic E-state index is 4.67. The summed E-state index contributed by atoms with van der Waals surface area (Å²) in [5, 5.41) is 0. The van der Waals surface area contributed by atoms with E-state index >= 15 is 0 Å². The van der Waals surface area contributed by atoms with Crippen LogP contribution in [0, 0.1) is 0 Å². The van der Waals surface area contributed by atoms with Gasteiger partial charge in [-0.3, -0.25) is 0 Å². The monoisotopic (exact) mass is 147 g/mol. The average molecular weight is 148 g/mol. The van der Waals surface area contributed by atoms with Gasteiger partial charge in [-0.1, -0.05) is 0 Å². The zero-order valence-electron chi connectivity index (χ0n) is 3.06. The quantitative estimate of drug-likeness (QED) is 0.442. The van der Waals surface area contributed by atoms with Gasteiger partial charge < -0.3 is 0 Å². The fourth-order valence-corrected chi connectivity index (χ4v) is 0. The van der Waals surface area contributed by atoms with Crippen molar-refractivity contribution in [2.24, 2.45) is 0 Å². The number of rotatable bonds is 0. The molecule has 5 heteroatoms. The standard InChI is InChI=1S/2ClH.Cu.2Li/h2*1H;;;/q;;+2;;/p-2. The Balaban J connectivity index is -0.0000000200. The summed E-state index contributed by atoms with van der Waals surface area (Å²) in [6.07, 6.45) is 0. The van der Waals surface area contributed by atoms with Gasteiger partial charge in [0.25, 0.3) is 0 Å². The third kappa shape index (κ3) is 22.1. The zero-order chi connectivity index (χ0) is 2.71. The van der Waals surface area contributed by atoms with Gasteiger partial charge in [0.05, 0.1) is 0 Å². The van der Waals surface area contributed by atoms with Crippen molar-refractivity contribution in [1.82, 2.24) is 0 Å². The molecule has 0 saturated carbocycles. The summed E-state index contributed by atoms with van der Waals surface area (Å²) in [5.74, 6) is 0. The van der Waals surface area contributed by atoms with Crippen molar-refractivity contribution < 1.29 is 13.1 Å². The summed E-state index contributed by atoms with van der Waals surface area (Å²) in [6.45, 7) is 0. The molecule has 0 aliphatic carbocycles. The van der Waals surface area contributed by atoms with Gasteiger partial charge in [-0.2, -0.15) is 0 Å². The molecule has 0 rings (SSSR count). The SMILES string of the molecule is [Cl][Cu][Cl].[Li].[Li]. The molecule has 0 fully saturated rings. The molecule has 0 heterocycles. The fraction of sp³-hybridized carbons (Fsp3) is 0. The molecular weight excluding hydrogens is 148 g/mol. The van der Waals surface area contributed by atoms with E-state index in [1.54, 1.807) is 0 Å². The Kier molecular flexibility index (Phi) is 51.0. The van der Waals surface area contributed by atoms with Crippen LogP contribution in [0.15, 0.2) is 0 Å². The summed E-state index contributed by atoms with van der Waals surface area (Å²) >= 11 is 0.757. The van der Waals surface area contributed by atoms with Crippen molar-refractivity contribution in [3.05, 3.63) is 0 Å². The van der Waals surface area contributed by atoms with E-state index in [-0.39, 0.29) is 37.7 Å². The molecule has 5 heavy (non-hydrogen) atoms. The largest absolute Gasteiger partial charge is 0 e. The third-order valence-corrected chi connectivity index (χ3v) is 0. The predicted molar refractivity (Wildman–Crippen MR) is 23.2 cm³/mol. The minimum atomic E-state index is 0. The molecule has 0 aliphatic heterocycles. The van der Waals surface area contributed by atoms with Crippen LogP contribution in [-0.4, -0.2) is 37.7 Å². The summed E-state index contributed by atoms with van der Waals surface area (Å²) in [4.78, 5) is 0. The molecule has 0 aliphatic rings. The van der Waals surface area contributed by atoms with E-state index in [1.807, 2.05) is 0 Å². The Bertz CT molecular complexity index is 7.61. The first-order chi connectivity index (χ1) is 1.41. The number of hydrogen-bond donors (Lipinski definition) is 0. The molecule has 0 saturated heterocycles. The van der Waals surface area contributed by atoms with Crippen molar-refractivity contribution in [3.8, 4) is 0 Å². The van der Waals surface area contributed by atoms with Crippen molar-refractivity contribution in [1.29, 1.82) is 0 Å².